The van der Waals surface area contributed by atoms with E-state index in [4.69, 9.17) is 4.74 Å². The summed E-state index contributed by atoms with van der Waals surface area (Å²) in [6.45, 7) is 10.5. The summed E-state index contributed by atoms with van der Waals surface area (Å²) >= 11 is 1.03. The zero-order chi connectivity index (χ0) is 19.9. The molecule has 27 heavy (non-hydrogen) atoms. The summed E-state index contributed by atoms with van der Waals surface area (Å²) in [5, 5.41) is 7.85. The van der Waals surface area contributed by atoms with Crippen LogP contribution in [0.5, 0.6) is 0 Å². The van der Waals surface area contributed by atoms with Gasteiger partial charge in [0.15, 0.2) is 11.7 Å². The van der Waals surface area contributed by atoms with Crippen LogP contribution in [0.3, 0.4) is 0 Å². The molecule has 0 amide bonds. The Bertz CT molecular complexity index is 608. The monoisotopic (exact) mass is 407 g/mol. The normalized spacial score (nSPS) is 20.5. The Balaban J connectivity index is 1.83. The lowest BCUT2D eigenvalue weighted by molar-refractivity contribution is -0.140. The first-order valence-electron chi connectivity index (χ1n) is 9.18. The van der Waals surface area contributed by atoms with Gasteiger partial charge in [-0.15, -0.1) is 11.3 Å². The van der Waals surface area contributed by atoms with E-state index in [1.54, 1.807) is 0 Å². The Morgan fingerprint density at radius 1 is 1.48 bits per heavy atom. The highest BCUT2D eigenvalue weighted by molar-refractivity contribution is 7.09. The lowest BCUT2D eigenvalue weighted by Gasteiger charge is -2.37. The second-order valence-electron chi connectivity index (χ2n) is 6.53. The quantitative estimate of drug-likeness (QED) is 0.537. The molecular weight excluding hydrogens is 379 g/mol. The van der Waals surface area contributed by atoms with Gasteiger partial charge in [-0.1, -0.05) is 0 Å². The van der Waals surface area contributed by atoms with E-state index in [9.17, 15) is 13.2 Å². The Labute approximate surface area is 162 Å². The molecule has 0 bridgehead atoms. The van der Waals surface area contributed by atoms with Crippen molar-refractivity contribution in [3.8, 4) is 0 Å². The van der Waals surface area contributed by atoms with E-state index in [1.165, 1.54) is 0 Å². The van der Waals surface area contributed by atoms with Gasteiger partial charge in [0, 0.05) is 43.5 Å². The average Bonchev–Trinajstić information content (AvgIpc) is 3.09. The van der Waals surface area contributed by atoms with Crippen molar-refractivity contribution in [3.63, 3.8) is 0 Å². The fraction of sp³-hybridized carbons (Fsp3) is 0.765. The first-order chi connectivity index (χ1) is 12.8. The van der Waals surface area contributed by atoms with Crippen LogP contribution in [0.2, 0.25) is 0 Å². The van der Waals surface area contributed by atoms with E-state index in [0.29, 0.717) is 43.1 Å². The smallest absolute Gasteiger partial charge is 0.379 e. The maximum Gasteiger partial charge on any atom is 0.434 e. The van der Waals surface area contributed by atoms with E-state index >= 15 is 0 Å². The fourth-order valence-corrected chi connectivity index (χ4v) is 3.71. The van der Waals surface area contributed by atoms with Crippen LogP contribution in [0.15, 0.2) is 10.4 Å². The molecule has 0 saturated carbocycles. The molecule has 0 aliphatic carbocycles. The van der Waals surface area contributed by atoms with Crippen molar-refractivity contribution in [1.29, 1.82) is 0 Å². The van der Waals surface area contributed by atoms with Gasteiger partial charge in [-0.05, 0) is 20.8 Å². The van der Waals surface area contributed by atoms with Gasteiger partial charge in [-0.3, -0.25) is 9.89 Å². The third-order valence-electron chi connectivity index (χ3n) is 4.32. The van der Waals surface area contributed by atoms with Crippen LogP contribution in [-0.2, 0) is 17.3 Å². The van der Waals surface area contributed by atoms with Crippen molar-refractivity contribution in [2.24, 2.45) is 4.99 Å². The summed E-state index contributed by atoms with van der Waals surface area (Å²) < 4.78 is 43.3. The molecule has 2 N–H and O–H groups in total. The molecule has 1 fully saturated rings. The van der Waals surface area contributed by atoms with Crippen LogP contribution in [0, 0.1) is 0 Å². The molecule has 2 heterocycles. The van der Waals surface area contributed by atoms with Gasteiger partial charge < -0.3 is 15.4 Å². The second kappa shape index (κ2) is 10.2. The predicted molar refractivity (Wildman–Crippen MR) is 101 cm³/mol. The van der Waals surface area contributed by atoms with Gasteiger partial charge in [0.2, 0.25) is 0 Å². The van der Waals surface area contributed by atoms with Crippen molar-refractivity contribution >= 4 is 17.3 Å². The molecule has 0 aromatic carbocycles. The largest absolute Gasteiger partial charge is 0.434 e. The zero-order valence-electron chi connectivity index (χ0n) is 16.0. The molecule has 2 rings (SSSR count). The molecule has 154 valence electrons. The van der Waals surface area contributed by atoms with Gasteiger partial charge in [0.25, 0.3) is 0 Å². The number of hydrogen-bond donors (Lipinski definition) is 2. The van der Waals surface area contributed by atoms with Crippen molar-refractivity contribution in [3.05, 3.63) is 16.1 Å². The molecule has 1 saturated heterocycles. The molecule has 1 aromatic heterocycles. The highest BCUT2D eigenvalue weighted by atomic mass is 32.1. The summed E-state index contributed by atoms with van der Waals surface area (Å²) in [4.78, 5) is 10.6. The van der Waals surface area contributed by atoms with Crippen LogP contribution in [0.25, 0.3) is 0 Å². The van der Waals surface area contributed by atoms with E-state index in [2.05, 4.69) is 39.4 Å². The minimum atomic E-state index is -4.38. The highest BCUT2D eigenvalue weighted by Crippen LogP contribution is 2.29. The maximum absolute atomic E-state index is 12.6. The number of nitrogens with zero attached hydrogens (tertiary/aromatic N) is 3. The lowest BCUT2D eigenvalue weighted by Crippen LogP contribution is -2.49. The highest BCUT2D eigenvalue weighted by Gasteiger charge is 2.33. The Morgan fingerprint density at radius 3 is 2.89 bits per heavy atom. The molecule has 0 spiro atoms. The predicted octanol–water partition coefficient (Wildman–Crippen LogP) is 2.37. The van der Waals surface area contributed by atoms with Gasteiger partial charge in [0.05, 0.1) is 24.8 Å². The number of hydrogen-bond acceptors (Lipinski definition) is 5. The van der Waals surface area contributed by atoms with E-state index in [1.807, 2.05) is 6.92 Å². The summed E-state index contributed by atoms with van der Waals surface area (Å²) in [5.74, 6) is 0.665. The van der Waals surface area contributed by atoms with Gasteiger partial charge in [-0.25, -0.2) is 4.98 Å². The standard InChI is InChI=1S/C17H28F3N5OS/c1-4-21-16(23-9-12(2)25-7-8-26-10-13(25)3)22-6-5-15-24-14(11-27-15)17(18,19)20/h11-13H,4-10H2,1-3H3,(H2,21,22,23). The summed E-state index contributed by atoms with van der Waals surface area (Å²) in [6.07, 6.45) is -3.97. The third-order valence-corrected chi connectivity index (χ3v) is 5.23. The fourth-order valence-electron chi connectivity index (χ4n) is 2.91. The first-order valence-corrected chi connectivity index (χ1v) is 10.1. The number of thiazole rings is 1. The van der Waals surface area contributed by atoms with Crippen LogP contribution in [0.1, 0.15) is 31.5 Å². The molecule has 1 aliphatic heterocycles. The number of guanidine groups is 1. The summed E-state index contributed by atoms with van der Waals surface area (Å²) in [5.41, 5.74) is -0.823. The summed E-state index contributed by atoms with van der Waals surface area (Å²) in [7, 11) is 0. The molecule has 1 aromatic rings. The molecule has 2 unspecified atom stereocenters. The Kier molecular flexibility index (Phi) is 8.30. The zero-order valence-corrected chi connectivity index (χ0v) is 16.8. The van der Waals surface area contributed by atoms with Gasteiger partial charge in [0.1, 0.15) is 0 Å². The maximum atomic E-state index is 12.6. The molecule has 2 atom stereocenters. The van der Waals surface area contributed by atoms with E-state index in [-0.39, 0.29) is 6.04 Å². The molecular formula is C17H28F3N5OS. The Hall–Kier alpha value is -1.39. The molecule has 1 aliphatic rings. The van der Waals surface area contributed by atoms with Gasteiger partial charge >= 0.3 is 6.18 Å². The number of rotatable bonds is 7. The molecule has 10 heteroatoms. The van der Waals surface area contributed by atoms with E-state index < -0.39 is 11.9 Å². The van der Waals surface area contributed by atoms with Crippen LogP contribution < -0.4 is 10.6 Å². The molecule has 0 radical (unpaired) electrons. The number of aliphatic imine (C=N–C) groups is 1. The number of halogens is 3. The average molecular weight is 408 g/mol. The van der Waals surface area contributed by atoms with Crippen LogP contribution in [-0.4, -0.2) is 67.3 Å². The number of morpholine rings is 1. The number of ether oxygens (including phenoxy) is 1. The lowest BCUT2D eigenvalue weighted by atomic mass is 10.2. The second-order valence-corrected chi connectivity index (χ2v) is 7.47. The minimum Gasteiger partial charge on any atom is -0.379 e. The SMILES string of the molecule is CCNC(=NCC(C)N1CCOCC1C)NCCc1nc(C(F)(F)F)cs1. The van der Waals surface area contributed by atoms with Crippen molar-refractivity contribution in [1.82, 2.24) is 20.5 Å². The van der Waals surface area contributed by atoms with Crippen molar-refractivity contribution in [2.75, 3.05) is 39.4 Å². The van der Waals surface area contributed by atoms with Crippen molar-refractivity contribution < 1.29 is 17.9 Å². The topological polar surface area (TPSA) is 61.8 Å². The summed E-state index contributed by atoms with van der Waals surface area (Å²) in [6, 6.07) is 0.653. The third kappa shape index (κ3) is 6.93. The molecule has 6 nitrogen and oxygen atoms in total. The number of nitrogens with one attached hydrogen (secondary N) is 2. The van der Waals surface area contributed by atoms with Crippen LogP contribution in [0.4, 0.5) is 13.2 Å². The van der Waals surface area contributed by atoms with Crippen LogP contribution >= 0.6 is 11.3 Å². The van der Waals surface area contributed by atoms with Gasteiger partial charge in [-0.2, -0.15) is 13.2 Å². The van der Waals surface area contributed by atoms with Crippen molar-refractivity contribution in [2.45, 2.75) is 45.5 Å². The number of aromatic nitrogens is 1. The number of alkyl halides is 3. The van der Waals surface area contributed by atoms with E-state index in [0.717, 1.165) is 36.5 Å². The Morgan fingerprint density at radius 2 is 2.26 bits per heavy atom. The first kappa shape index (κ1) is 21.9. The minimum absolute atomic E-state index is 0.285.